The first-order valence-corrected chi connectivity index (χ1v) is 5.12. The number of hydrogen-bond acceptors (Lipinski definition) is 3. The highest BCUT2D eigenvalue weighted by Gasteiger charge is 2.51. The summed E-state index contributed by atoms with van der Waals surface area (Å²) in [7, 11) is 0. The van der Waals surface area contributed by atoms with Gasteiger partial charge >= 0.3 is 11.9 Å². The van der Waals surface area contributed by atoms with Crippen LogP contribution in [0.1, 0.15) is 11.3 Å². The van der Waals surface area contributed by atoms with Crippen molar-refractivity contribution >= 4 is 11.9 Å². The molecule has 0 unspecified atom stereocenters. The lowest BCUT2D eigenvalue weighted by Gasteiger charge is -2.23. The van der Waals surface area contributed by atoms with Crippen LogP contribution in [0.5, 0.6) is 0 Å². The topological polar surface area (TPSA) is 103 Å². The molecule has 0 radical (unpaired) electrons. The van der Waals surface area contributed by atoms with Crippen LogP contribution in [-0.2, 0) is 15.0 Å². The maximum absolute atomic E-state index is 11.5. The van der Waals surface area contributed by atoms with Gasteiger partial charge in [-0.1, -0.05) is 30.3 Å². The Morgan fingerprint density at radius 3 is 2.11 bits per heavy atom. The number of hydrogen-bond donors (Lipinski definition) is 3. The van der Waals surface area contributed by atoms with Crippen molar-refractivity contribution in [2.24, 2.45) is 0 Å². The minimum absolute atomic E-state index is 0.00806. The maximum Gasteiger partial charge on any atom is 0.331 e. The largest absolute Gasteiger partial charge is 0.480 e. The molecule has 2 aromatic rings. The zero-order valence-corrected chi connectivity index (χ0v) is 9.20. The number of nitrogens with zero attached hydrogens (tertiary/aromatic N) is 1. The summed E-state index contributed by atoms with van der Waals surface area (Å²) >= 11 is 0. The molecule has 0 saturated carbocycles. The summed E-state index contributed by atoms with van der Waals surface area (Å²) in [6.07, 6.45) is 1.32. The number of benzene rings is 1. The van der Waals surface area contributed by atoms with Crippen LogP contribution in [0, 0.1) is 0 Å². The number of carboxylic acids is 2. The van der Waals surface area contributed by atoms with Crippen molar-refractivity contribution < 1.29 is 19.8 Å². The summed E-state index contributed by atoms with van der Waals surface area (Å²) in [6, 6.07) is 9.13. The van der Waals surface area contributed by atoms with Gasteiger partial charge in [-0.3, -0.25) is 14.7 Å². The molecule has 2 rings (SSSR count). The van der Waals surface area contributed by atoms with E-state index >= 15 is 0 Å². The molecule has 0 aliphatic heterocycles. The summed E-state index contributed by atoms with van der Waals surface area (Å²) < 4.78 is 0. The third-order valence-corrected chi connectivity index (χ3v) is 2.75. The highest BCUT2D eigenvalue weighted by atomic mass is 16.4. The van der Waals surface area contributed by atoms with Gasteiger partial charge in [0.1, 0.15) is 0 Å². The number of H-pyrrole nitrogens is 1. The lowest BCUT2D eigenvalue weighted by Crippen LogP contribution is -2.45. The molecule has 18 heavy (non-hydrogen) atoms. The van der Waals surface area contributed by atoms with Crippen molar-refractivity contribution in [3.8, 4) is 0 Å². The second-order valence-corrected chi connectivity index (χ2v) is 3.70. The standard InChI is InChI=1S/C12H10N2O4/c15-10(16)12(11(17)18,9-6-7-13-14-9)8-4-2-1-3-5-8/h1-7H,(H,13,14)(H,15,16)(H,17,18). The van der Waals surface area contributed by atoms with Crippen molar-refractivity contribution in [1.82, 2.24) is 10.2 Å². The van der Waals surface area contributed by atoms with E-state index in [0.29, 0.717) is 0 Å². The molecule has 6 nitrogen and oxygen atoms in total. The van der Waals surface area contributed by atoms with E-state index in [-0.39, 0.29) is 11.3 Å². The van der Waals surface area contributed by atoms with Crippen LogP contribution in [0.4, 0.5) is 0 Å². The van der Waals surface area contributed by atoms with Gasteiger partial charge in [-0.25, -0.2) is 0 Å². The Balaban J connectivity index is 2.74. The van der Waals surface area contributed by atoms with E-state index in [1.54, 1.807) is 18.2 Å². The van der Waals surface area contributed by atoms with Crippen molar-refractivity contribution in [1.29, 1.82) is 0 Å². The van der Waals surface area contributed by atoms with Gasteiger partial charge in [0.2, 0.25) is 5.41 Å². The molecular weight excluding hydrogens is 236 g/mol. The number of carbonyl (C=O) groups is 2. The molecule has 0 aliphatic rings. The predicted molar refractivity (Wildman–Crippen MR) is 61.1 cm³/mol. The molecule has 0 fully saturated rings. The second kappa shape index (κ2) is 4.33. The van der Waals surface area contributed by atoms with Gasteiger partial charge in [0.05, 0.1) is 5.69 Å². The fourth-order valence-electron chi connectivity index (χ4n) is 1.88. The van der Waals surface area contributed by atoms with Crippen LogP contribution < -0.4 is 0 Å². The quantitative estimate of drug-likeness (QED) is 0.694. The first-order valence-electron chi connectivity index (χ1n) is 5.12. The Morgan fingerprint density at radius 2 is 1.67 bits per heavy atom. The minimum Gasteiger partial charge on any atom is -0.480 e. The zero-order chi connectivity index (χ0) is 13.2. The number of rotatable bonds is 4. The van der Waals surface area contributed by atoms with E-state index in [4.69, 9.17) is 0 Å². The van der Waals surface area contributed by atoms with Gasteiger partial charge < -0.3 is 10.2 Å². The zero-order valence-electron chi connectivity index (χ0n) is 9.20. The fourth-order valence-corrected chi connectivity index (χ4v) is 1.88. The SMILES string of the molecule is O=C(O)C(C(=O)O)(c1ccccc1)c1ccn[nH]1. The summed E-state index contributed by atoms with van der Waals surface area (Å²) in [5, 5.41) is 24.8. The van der Waals surface area contributed by atoms with Gasteiger partial charge in [-0.2, -0.15) is 5.10 Å². The Morgan fingerprint density at radius 1 is 1.06 bits per heavy atom. The van der Waals surface area contributed by atoms with Gasteiger partial charge in [0.15, 0.2) is 0 Å². The molecule has 1 heterocycles. The summed E-state index contributed by atoms with van der Waals surface area (Å²) in [6.45, 7) is 0. The van der Waals surface area contributed by atoms with Crippen molar-refractivity contribution in [3.05, 3.63) is 53.9 Å². The Labute approximate surface area is 102 Å². The molecular formula is C12H10N2O4. The van der Waals surface area contributed by atoms with Crippen LogP contribution in [0.3, 0.4) is 0 Å². The van der Waals surface area contributed by atoms with Crippen molar-refractivity contribution in [2.75, 3.05) is 0 Å². The molecule has 1 aromatic heterocycles. The normalized spacial score (nSPS) is 11.1. The van der Waals surface area contributed by atoms with E-state index in [2.05, 4.69) is 10.2 Å². The van der Waals surface area contributed by atoms with Gasteiger partial charge in [-0.15, -0.1) is 0 Å². The van der Waals surface area contributed by atoms with Gasteiger partial charge in [0.25, 0.3) is 0 Å². The monoisotopic (exact) mass is 246 g/mol. The number of nitrogens with one attached hydrogen (secondary N) is 1. The van der Waals surface area contributed by atoms with E-state index in [0.717, 1.165) is 0 Å². The molecule has 0 saturated heterocycles. The predicted octanol–water partition coefficient (Wildman–Crippen LogP) is 0.865. The maximum atomic E-state index is 11.5. The molecule has 0 amide bonds. The molecule has 0 bridgehead atoms. The van der Waals surface area contributed by atoms with Crippen molar-refractivity contribution in [3.63, 3.8) is 0 Å². The van der Waals surface area contributed by atoms with Gasteiger partial charge in [0, 0.05) is 6.20 Å². The fraction of sp³-hybridized carbons (Fsp3) is 0.0833. The number of aromatic amines is 1. The molecule has 0 spiro atoms. The van der Waals surface area contributed by atoms with Crippen LogP contribution in [0.2, 0.25) is 0 Å². The molecule has 3 N–H and O–H groups in total. The highest BCUT2D eigenvalue weighted by Crippen LogP contribution is 2.31. The lowest BCUT2D eigenvalue weighted by atomic mass is 9.77. The number of aliphatic carboxylic acids is 2. The first kappa shape index (κ1) is 11.8. The third kappa shape index (κ3) is 1.55. The van der Waals surface area contributed by atoms with Crippen LogP contribution in [-0.4, -0.2) is 32.3 Å². The van der Waals surface area contributed by atoms with Crippen LogP contribution in [0.15, 0.2) is 42.6 Å². The Kier molecular flexibility index (Phi) is 2.85. The van der Waals surface area contributed by atoms with Crippen molar-refractivity contribution in [2.45, 2.75) is 5.41 Å². The smallest absolute Gasteiger partial charge is 0.331 e. The van der Waals surface area contributed by atoms with E-state index < -0.39 is 17.4 Å². The summed E-state index contributed by atoms with van der Waals surface area (Å²) in [5.41, 5.74) is -2.00. The summed E-state index contributed by atoms with van der Waals surface area (Å²) in [5.74, 6) is -2.93. The van der Waals surface area contributed by atoms with E-state index in [9.17, 15) is 19.8 Å². The minimum atomic E-state index is -2.17. The molecule has 6 heteroatoms. The number of aromatic nitrogens is 2. The average molecular weight is 246 g/mol. The molecule has 0 atom stereocenters. The third-order valence-electron chi connectivity index (χ3n) is 2.75. The Hall–Kier alpha value is -2.63. The van der Waals surface area contributed by atoms with E-state index in [1.165, 1.54) is 24.4 Å². The van der Waals surface area contributed by atoms with Gasteiger partial charge in [-0.05, 0) is 11.6 Å². The molecule has 92 valence electrons. The Bertz CT molecular complexity index is 549. The highest BCUT2D eigenvalue weighted by molar-refractivity contribution is 6.08. The number of carboxylic acid groups (broad SMARTS) is 2. The van der Waals surface area contributed by atoms with Crippen LogP contribution >= 0.6 is 0 Å². The molecule has 1 aromatic carbocycles. The summed E-state index contributed by atoms with van der Waals surface area (Å²) in [4.78, 5) is 23.1. The van der Waals surface area contributed by atoms with Crippen LogP contribution in [0.25, 0.3) is 0 Å². The second-order valence-electron chi connectivity index (χ2n) is 3.70. The lowest BCUT2D eigenvalue weighted by molar-refractivity contribution is -0.155. The molecule has 0 aliphatic carbocycles. The average Bonchev–Trinajstić information content (AvgIpc) is 2.84. The van der Waals surface area contributed by atoms with E-state index in [1.807, 2.05) is 0 Å². The first-order chi connectivity index (χ1) is 8.60.